The van der Waals surface area contributed by atoms with Gasteiger partial charge in [0.05, 0.1) is 6.26 Å². The van der Waals surface area contributed by atoms with Crippen LogP contribution in [0, 0.1) is 26.7 Å². The third-order valence-corrected chi connectivity index (χ3v) is 5.39. The molecule has 3 rings (SSSR count). The maximum atomic E-state index is 12.6. The van der Waals surface area contributed by atoms with Crippen molar-refractivity contribution >= 4 is 33.8 Å². The third-order valence-electron chi connectivity index (χ3n) is 5.39. The van der Waals surface area contributed by atoms with E-state index in [0.29, 0.717) is 16.7 Å². The summed E-state index contributed by atoms with van der Waals surface area (Å²) in [5, 5.41) is 13.5. The van der Waals surface area contributed by atoms with Crippen molar-refractivity contribution in [3.8, 4) is 0 Å². The molecule has 2 N–H and O–H groups in total. The molecule has 0 aliphatic heterocycles. The minimum absolute atomic E-state index is 0.000425. The van der Waals surface area contributed by atoms with E-state index in [-0.39, 0.29) is 18.8 Å². The summed E-state index contributed by atoms with van der Waals surface area (Å²) in [6, 6.07) is 0.981. The molecule has 1 atom stereocenters. The number of fused-ring (bicyclic) bond motifs is 2. The number of carbonyl (C=O) groups excluding carboxylic acids is 1. The number of carboxylic acids is 1. The van der Waals surface area contributed by atoms with Gasteiger partial charge in [-0.05, 0) is 50.3 Å². The highest BCUT2D eigenvalue weighted by atomic mass is 16.4. The van der Waals surface area contributed by atoms with Gasteiger partial charge in [0.25, 0.3) is 0 Å². The second-order valence-electron chi connectivity index (χ2n) is 7.79. The van der Waals surface area contributed by atoms with Gasteiger partial charge in [-0.3, -0.25) is 4.79 Å². The lowest BCUT2D eigenvalue weighted by atomic mass is 9.98. The van der Waals surface area contributed by atoms with Crippen molar-refractivity contribution in [1.82, 2.24) is 5.32 Å². The predicted octanol–water partition coefficient (Wildman–Crippen LogP) is 3.62. The molecule has 2 aromatic heterocycles. The Morgan fingerprint density at radius 1 is 1.10 bits per heavy atom. The Labute approximate surface area is 167 Å². The summed E-state index contributed by atoms with van der Waals surface area (Å²) in [4.78, 5) is 36.1. The molecule has 0 saturated carbocycles. The van der Waals surface area contributed by atoms with Gasteiger partial charge in [-0.15, -0.1) is 0 Å². The van der Waals surface area contributed by atoms with Gasteiger partial charge in [-0.2, -0.15) is 0 Å². The lowest BCUT2D eigenvalue weighted by Gasteiger charge is -2.18. The van der Waals surface area contributed by atoms with E-state index >= 15 is 0 Å². The van der Waals surface area contributed by atoms with Crippen LogP contribution in [-0.2, 0) is 16.0 Å². The quantitative estimate of drug-likeness (QED) is 0.613. The number of hydrogen-bond donors (Lipinski definition) is 2. The van der Waals surface area contributed by atoms with Crippen LogP contribution < -0.4 is 10.9 Å². The zero-order chi connectivity index (χ0) is 21.5. The second-order valence-corrected chi connectivity index (χ2v) is 7.79. The first kappa shape index (κ1) is 20.6. The van der Waals surface area contributed by atoms with Crippen molar-refractivity contribution in [2.45, 2.75) is 53.5 Å². The number of aliphatic carboxylic acids is 1. The predicted molar refractivity (Wildman–Crippen MR) is 109 cm³/mol. The minimum Gasteiger partial charge on any atom is -0.480 e. The number of rotatable bonds is 6. The molecule has 0 radical (unpaired) electrons. The molecule has 3 aromatic rings. The van der Waals surface area contributed by atoms with Crippen LogP contribution >= 0.6 is 0 Å². The lowest BCUT2D eigenvalue weighted by molar-refractivity contribution is -0.143. The number of carboxylic acid groups (broad SMARTS) is 1. The monoisotopic (exact) mass is 399 g/mol. The van der Waals surface area contributed by atoms with Gasteiger partial charge in [0, 0.05) is 28.3 Å². The van der Waals surface area contributed by atoms with Crippen LogP contribution in [0.4, 0.5) is 0 Å². The molecule has 1 amide bonds. The van der Waals surface area contributed by atoms with Crippen molar-refractivity contribution in [2.24, 2.45) is 5.92 Å². The zero-order valence-electron chi connectivity index (χ0n) is 17.2. The number of nitrogens with one attached hydrogen (secondary N) is 1. The molecule has 0 spiro atoms. The van der Waals surface area contributed by atoms with Gasteiger partial charge in [0.1, 0.15) is 17.2 Å². The van der Waals surface area contributed by atoms with Gasteiger partial charge < -0.3 is 19.3 Å². The summed E-state index contributed by atoms with van der Waals surface area (Å²) in [5.74, 6) is -1.74. The summed E-state index contributed by atoms with van der Waals surface area (Å²) in [5.41, 5.74) is 3.61. The van der Waals surface area contributed by atoms with E-state index in [1.165, 1.54) is 0 Å². The number of furan rings is 1. The number of hydrogen-bond acceptors (Lipinski definition) is 5. The molecule has 1 unspecified atom stereocenters. The molecule has 0 aliphatic carbocycles. The number of amides is 1. The molecule has 154 valence electrons. The summed E-state index contributed by atoms with van der Waals surface area (Å²) < 4.78 is 11.2. The molecule has 0 saturated heterocycles. The third kappa shape index (κ3) is 3.77. The average molecular weight is 399 g/mol. The highest BCUT2D eigenvalue weighted by molar-refractivity contribution is 5.99. The maximum absolute atomic E-state index is 12.6. The molecule has 29 heavy (non-hydrogen) atoms. The Balaban J connectivity index is 1.93. The Morgan fingerprint density at radius 3 is 2.41 bits per heavy atom. The maximum Gasteiger partial charge on any atom is 0.339 e. The number of aryl methyl sites for hydroxylation is 3. The smallest absolute Gasteiger partial charge is 0.339 e. The van der Waals surface area contributed by atoms with Crippen LogP contribution in [0.25, 0.3) is 21.9 Å². The van der Waals surface area contributed by atoms with Crippen LogP contribution in [0.3, 0.4) is 0 Å². The molecule has 1 aromatic carbocycles. The van der Waals surface area contributed by atoms with Crippen molar-refractivity contribution in [1.29, 1.82) is 0 Å². The van der Waals surface area contributed by atoms with Crippen LogP contribution in [0.15, 0.2) is 26.0 Å². The molecule has 7 heteroatoms. The van der Waals surface area contributed by atoms with E-state index in [2.05, 4.69) is 5.32 Å². The summed E-state index contributed by atoms with van der Waals surface area (Å²) in [6.07, 6.45) is 1.84. The molecule has 7 nitrogen and oxygen atoms in total. The molecular formula is C22H25NO6. The fourth-order valence-corrected chi connectivity index (χ4v) is 3.61. The summed E-state index contributed by atoms with van der Waals surface area (Å²) >= 11 is 0. The van der Waals surface area contributed by atoms with Crippen LogP contribution in [-0.4, -0.2) is 23.0 Å². The zero-order valence-corrected chi connectivity index (χ0v) is 17.2. The first-order chi connectivity index (χ1) is 13.6. The average Bonchev–Trinajstić information content (AvgIpc) is 3.01. The largest absolute Gasteiger partial charge is 0.480 e. The van der Waals surface area contributed by atoms with E-state index in [9.17, 15) is 19.5 Å². The Kier molecular flexibility index (Phi) is 5.50. The normalized spacial score (nSPS) is 12.6. The lowest BCUT2D eigenvalue weighted by Crippen LogP contribution is -2.44. The Bertz CT molecular complexity index is 1170. The summed E-state index contributed by atoms with van der Waals surface area (Å²) in [7, 11) is 0. The number of carbonyl (C=O) groups is 2. The van der Waals surface area contributed by atoms with Crippen molar-refractivity contribution in [2.75, 3.05) is 0 Å². The van der Waals surface area contributed by atoms with Gasteiger partial charge in [-0.25, -0.2) is 9.59 Å². The van der Waals surface area contributed by atoms with E-state index in [1.807, 2.05) is 26.8 Å². The van der Waals surface area contributed by atoms with Crippen molar-refractivity contribution in [3.63, 3.8) is 0 Å². The minimum atomic E-state index is -1.08. The van der Waals surface area contributed by atoms with E-state index in [4.69, 9.17) is 8.83 Å². The molecule has 0 fully saturated rings. The van der Waals surface area contributed by atoms with Crippen molar-refractivity contribution in [3.05, 3.63) is 45.0 Å². The molecule has 0 bridgehead atoms. The standard InChI is InChI=1S/C22H25NO6/c1-10(2)18(21(25)26)23-17(24)7-6-14-12(4)16-8-15-11(3)9-28-19(15)13(5)20(16)29-22(14)27/h8-10,18H,6-7H2,1-5H3,(H,23,24)(H,25,26). The SMILES string of the molecule is Cc1coc2c(C)c3oc(=O)c(CCC(=O)NC(C(=O)O)C(C)C)c(C)c3cc12. The van der Waals surface area contributed by atoms with E-state index in [1.54, 1.807) is 20.1 Å². The van der Waals surface area contributed by atoms with Gasteiger partial charge in [0.15, 0.2) is 0 Å². The van der Waals surface area contributed by atoms with Crippen LogP contribution in [0.2, 0.25) is 0 Å². The highest BCUT2D eigenvalue weighted by Crippen LogP contribution is 2.32. The highest BCUT2D eigenvalue weighted by Gasteiger charge is 2.24. The van der Waals surface area contributed by atoms with Gasteiger partial charge in [0.2, 0.25) is 5.91 Å². The van der Waals surface area contributed by atoms with Crippen molar-refractivity contribution < 1.29 is 23.5 Å². The van der Waals surface area contributed by atoms with E-state index < -0.39 is 23.5 Å². The molecule has 0 aliphatic rings. The summed E-state index contributed by atoms with van der Waals surface area (Å²) in [6.45, 7) is 9.08. The second kappa shape index (κ2) is 7.73. The first-order valence-corrected chi connectivity index (χ1v) is 9.57. The van der Waals surface area contributed by atoms with Crippen LogP contribution in [0.5, 0.6) is 0 Å². The molecular weight excluding hydrogens is 374 g/mol. The Hall–Kier alpha value is -3.09. The molecule has 2 heterocycles. The van der Waals surface area contributed by atoms with Gasteiger partial charge in [-0.1, -0.05) is 13.8 Å². The number of benzene rings is 1. The fraction of sp³-hybridized carbons (Fsp3) is 0.409. The van der Waals surface area contributed by atoms with E-state index in [0.717, 1.165) is 27.5 Å². The first-order valence-electron chi connectivity index (χ1n) is 9.57. The fourth-order valence-electron chi connectivity index (χ4n) is 3.61. The topological polar surface area (TPSA) is 110 Å². The van der Waals surface area contributed by atoms with Gasteiger partial charge >= 0.3 is 11.6 Å². The Morgan fingerprint density at radius 2 is 1.79 bits per heavy atom. The van der Waals surface area contributed by atoms with Crippen LogP contribution in [0.1, 0.15) is 42.5 Å².